The lowest BCUT2D eigenvalue weighted by atomic mass is 10.0. The van der Waals surface area contributed by atoms with Crippen LogP contribution in [0.25, 0.3) is 16.8 Å². The van der Waals surface area contributed by atoms with Gasteiger partial charge in [-0.3, -0.25) is 9.58 Å². The number of hydrogen-bond donors (Lipinski definition) is 2. The molecule has 10 nitrogen and oxygen atoms in total. The summed E-state index contributed by atoms with van der Waals surface area (Å²) in [5.41, 5.74) is 1.34. The van der Waals surface area contributed by atoms with Crippen LogP contribution in [0, 0.1) is 6.92 Å². The van der Waals surface area contributed by atoms with Crippen molar-refractivity contribution in [1.29, 1.82) is 0 Å². The number of ether oxygens (including phenoxy) is 1. The Bertz CT molecular complexity index is 1420. The van der Waals surface area contributed by atoms with Gasteiger partial charge in [-0.25, -0.2) is 14.5 Å². The van der Waals surface area contributed by atoms with Gasteiger partial charge in [0.05, 0.1) is 17.8 Å². The predicted molar refractivity (Wildman–Crippen MR) is 130 cm³/mol. The third-order valence-electron chi connectivity index (χ3n) is 6.22. The van der Waals surface area contributed by atoms with Gasteiger partial charge in [-0.1, -0.05) is 0 Å². The topological polar surface area (TPSA) is 106 Å². The SMILES string of the molecule is Cc1nc(Nc2cc3cc(-c4c(OC[C@H]5CCN5CC(C)O)cnn4C)ccn3n2)cc(C(F)(F)F)n1. The Morgan fingerprint density at radius 2 is 2.03 bits per heavy atom. The van der Waals surface area contributed by atoms with Crippen LogP contribution < -0.4 is 10.1 Å². The first-order valence-corrected chi connectivity index (χ1v) is 11.8. The molecule has 0 bridgehead atoms. The standard InChI is InChI=1S/C24H27F3N8O2/c1-14(36)12-34-6-5-17(34)13-37-19-11-28-33(3)23(19)16-4-7-35-18(8-16)9-22(32-35)31-21-10-20(24(25,26)27)29-15(2)30-21/h4,7-11,14,17,36H,5-6,12-13H2,1-3H3,(H,29,30,31,32)/t14?,17-/m1/s1. The van der Waals surface area contributed by atoms with Gasteiger partial charge in [0.2, 0.25) is 0 Å². The van der Waals surface area contributed by atoms with Gasteiger partial charge < -0.3 is 15.2 Å². The molecule has 4 aromatic heterocycles. The number of nitrogens with one attached hydrogen (secondary N) is 1. The maximum atomic E-state index is 13.1. The lowest BCUT2D eigenvalue weighted by molar-refractivity contribution is -0.141. The zero-order valence-corrected chi connectivity index (χ0v) is 20.6. The van der Waals surface area contributed by atoms with Gasteiger partial charge in [0.25, 0.3) is 0 Å². The average Bonchev–Trinajstić information content (AvgIpc) is 3.37. The highest BCUT2D eigenvalue weighted by atomic mass is 19.4. The number of alkyl halides is 3. The van der Waals surface area contributed by atoms with Crippen LogP contribution in [0.15, 0.2) is 36.7 Å². The number of rotatable bonds is 8. The number of pyridine rings is 1. The molecule has 0 saturated carbocycles. The van der Waals surface area contributed by atoms with Crippen molar-refractivity contribution in [2.45, 2.75) is 38.6 Å². The van der Waals surface area contributed by atoms with E-state index in [-0.39, 0.29) is 23.8 Å². The number of nitrogens with zero attached hydrogens (tertiary/aromatic N) is 7. The van der Waals surface area contributed by atoms with E-state index in [1.807, 2.05) is 19.2 Å². The minimum Gasteiger partial charge on any atom is -0.488 e. The van der Waals surface area contributed by atoms with E-state index in [2.05, 4.69) is 30.4 Å². The second-order valence-corrected chi connectivity index (χ2v) is 9.20. The second-order valence-electron chi connectivity index (χ2n) is 9.20. The van der Waals surface area contributed by atoms with Crippen LogP contribution in [0.5, 0.6) is 5.75 Å². The van der Waals surface area contributed by atoms with Crippen molar-refractivity contribution in [2.75, 3.05) is 25.0 Å². The number of anilines is 2. The molecule has 1 saturated heterocycles. The van der Waals surface area contributed by atoms with Crippen molar-refractivity contribution in [3.8, 4) is 17.0 Å². The number of β-amino-alcohol motifs (C(OH)–C–C–N with tert-alkyl or cyclic N) is 1. The zero-order valence-electron chi connectivity index (χ0n) is 20.6. The summed E-state index contributed by atoms with van der Waals surface area (Å²) in [7, 11) is 1.83. The van der Waals surface area contributed by atoms with Crippen LogP contribution in [0.1, 0.15) is 24.9 Å². The number of likely N-dealkylation sites (tertiary alicyclic amines) is 1. The van der Waals surface area contributed by atoms with E-state index < -0.39 is 11.9 Å². The molecule has 5 heterocycles. The fourth-order valence-corrected chi connectivity index (χ4v) is 4.41. The number of aliphatic hydroxyl groups is 1. The molecule has 0 radical (unpaired) electrons. The maximum absolute atomic E-state index is 13.1. The third kappa shape index (κ3) is 5.37. The Labute approximate surface area is 210 Å². The van der Waals surface area contributed by atoms with E-state index in [4.69, 9.17) is 4.74 Å². The molecule has 1 aliphatic rings. The van der Waals surface area contributed by atoms with Crippen molar-refractivity contribution in [2.24, 2.45) is 7.05 Å². The van der Waals surface area contributed by atoms with Crippen LogP contribution in [0.4, 0.5) is 24.8 Å². The van der Waals surface area contributed by atoms with E-state index in [0.717, 1.165) is 35.8 Å². The van der Waals surface area contributed by atoms with Crippen LogP contribution in [0.3, 0.4) is 0 Å². The molecular weight excluding hydrogens is 489 g/mol. The van der Waals surface area contributed by atoms with Gasteiger partial charge in [-0.15, -0.1) is 0 Å². The summed E-state index contributed by atoms with van der Waals surface area (Å²) < 4.78 is 48.8. The first kappa shape index (κ1) is 25.0. The zero-order chi connectivity index (χ0) is 26.3. The Morgan fingerprint density at radius 1 is 1.22 bits per heavy atom. The molecule has 0 amide bonds. The number of aliphatic hydroxyl groups excluding tert-OH is 1. The molecule has 2 atom stereocenters. The van der Waals surface area contributed by atoms with Crippen molar-refractivity contribution in [3.05, 3.63) is 48.2 Å². The number of halogens is 3. The summed E-state index contributed by atoms with van der Waals surface area (Å²) in [5, 5.41) is 21.2. The highest BCUT2D eigenvalue weighted by Gasteiger charge is 2.33. The summed E-state index contributed by atoms with van der Waals surface area (Å²) in [5.74, 6) is 0.993. The van der Waals surface area contributed by atoms with Gasteiger partial charge in [0.1, 0.15) is 29.6 Å². The molecule has 13 heteroatoms. The molecule has 1 aliphatic heterocycles. The molecule has 37 heavy (non-hydrogen) atoms. The molecule has 0 aliphatic carbocycles. The third-order valence-corrected chi connectivity index (χ3v) is 6.22. The monoisotopic (exact) mass is 516 g/mol. The number of aromatic nitrogens is 6. The van der Waals surface area contributed by atoms with Gasteiger partial charge >= 0.3 is 6.18 Å². The number of aryl methyl sites for hydroxylation is 2. The van der Waals surface area contributed by atoms with Crippen molar-refractivity contribution in [1.82, 2.24) is 34.3 Å². The lowest BCUT2D eigenvalue weighted by Gasteiger charge is -2.41. The maximum Gasteiger partial charge on any atom is 0.433 e. The summed E-state index contributed by atoms with van der Waals surface area (Å²) in [6, 6.07) is 6.58. The minimum absolute atomic E-state index is 0.00278. The first-order chi connectivity index (χ1) is 17.6. The molecule has 1 unspecified atom stereocenters. The minimum atomic E-state index is -4.57. The molecule has 0 spiro atoms. The number of hydrogen-bond acceptors (Lipinski definition) is 8. The summed E-state index contributed by atoms with van der Waals surface area (Å²) >= 11 is 0. The summed E-state index contributed by atoms with van der Waals surface area (Å²) in [6.07, 6.45) is -0.514. The molecule has 196 valence electrons. The van der Waals surface area contributed by atoms with Crippen molar-refractivity contribution in [3.63, 3.8) is 0 Å². The Balaban J connectivity index is 1.35. The highest BCUT2D eigenvalue weighted by Crippen LogP contribution is 2.32. The van der Waals surface area contributed by atoms with Crippen LogP contribution >= 0.6 is 0 Å². The van der Waals surface area contributed by atoms with Crippen LogP contribution in [-0.4, -0.2) is 71.2 Å². The van der Waals surface area contributed by atoms with Gasteiger partial charge in [0, 0.05) is 50.1 Å². The molecule has 4 aromatic rings. The predicted octanol–water partition coefficient (Wildman–Crippen LogP) is 3.43. The van der Waals surface area contributed by atoms with E-state index >= 15 is 0 Å². The van der Waals surface area contributed by atoms with Crippen molar-refractivity contribution < 1.29 is 23.0 Å². The summed E-state index contributed by atoms with van der Waals surface area (Å²) in [4.78, 5) is 9.71. The van der Waals surface area contributed by atoms with Gasteiger partial charge in [-0.2, -0.15) is 23.4 Å². The Morgan fingerprint density at radius 3 is 2.73 bits per heavy atom. The lowest BCUT2D eigenvalue weighted by Crippen LogP contribution is -2.53. The Kier molecular flexibility index (Phi) is 6.50. The van der Waals surface area contributed by atoms with E-state index in [0.29, 0.717) is 24.7 Å². The molecule has 1 fully saturated rings. The van der Waals surface area contributed by atoms with Crippen LogP contribution in [0.2, 0.25) is 0 Å². The highest BCUT2D eigenvalue weighted by molar-refractivity contribution is 5.72. The number of fused-ring (bicyclic) bond motifs is 1. The van der Waals surface area contributed by atoms with Crippen molar-refractivity contribution >= 4 is 17.2 Å². The normalized spacial score (nSPS) is 17.1. The van der Waals surface area contributed by atoms with E-state index in [1.165, 1.54) is 6.92 Å². The fourth-order valence-electron chi connectivity index (χ4n) is 4.41. The Hall–Kier alpha value is -3.71. The fraction of sp³-hybridized carbons (Fsp3) is 0.417. The largest absolute Gasteiger partial charge is 0.488 e. The van der Waals surface area contributed by atoms with Crippen LogP contribution in [-0.2, 0) is 13.2 Å². The van der Waals surface area contributed by atoms with Gasteiger partial charge in [-0.05, 0) is 32.4 Å². The molecular formula is C24H27F3N8O2. The molecule has 0 aromatic carbocycles. The second kappa shape index (κ2) is 9.63. The summed E-state index contributed by atoms with van der Waals surface area (Å²) in [6.45, 7) is 5.23. The first-order valence-electron chi connectivity index (χ1n) is 11.8. The molecule has 2 N–H and O–H groups in total. The smallest absolute Gasteiger partial charge is 0.433 e. The van der Waals surface area contributed by atoms with E-state index in [1.54, 1.807) is 34.6 Å². The molecule has 5 rings (SSSR count). The van der Waals surface area contributed by atoms with E-state index in [9.17, 15) is 18.3 Å². The quantitative estimate of drug-likeness (QED) is 0.367. The van der Waals surface area contributed by atoms with Gasteiger partial charge in [0.15, 0.2) is 11.6 Å². The average molecular weight is 517 g/mol.